The van der Waals surface area contributed by atoms with Gasteiger partial charge in [0.05, 0.1) is 4.90 Å². The fraction of sp³-hybridized carbons (Fsp3) is 0.120. The lowest BCUT2D eigenvalue weighted by atomic mass is 10.0. The zero-order valence-electron chi connectivity index (χ0n) is 19.3. The number of nitrogens with one attached hydrogen (secondary N) is 2. The summed E-state index contributed by atoms with van der Waals surface area (Å²) >= 11 is 0. The molecule has 35 heavy (non-hydrogen) atoms. The fourth-order valence-corrected chi connectivity index (χ4v) is 4.16. The molecule has 0 aliphatic rings. The number of aromatic nitrogens is 3. The summed E-state index contributed by atoms with van der Waals surface area (Å²) in [4.78, 5) is 21.2. The second kappa shape index (κ2) is 10.00. The van der Waals surface area contributed by atoms with Gasteiger partial charge in [0, 0.05) is 37.9 Å². The Bertz CT molecular complexity index is 1450. The summed E-state index contributed by atoms with van der Waals surface area (Å²) in [6.45, 7) is 4.05. The van der Waals surface area contributed by atoms with E-state index >= 15 is 0 Å². The molecule has 178 valence electrons. The summed E-state index contributed by atoms with van der Waals surface area (Å²) in [5.74, 6) is 0.326. The third-order valence-electron chi connectivity index (χ3n) is 5.35. The Morgan fingerprint density at radius 2 is 1.60 bits per heavy atom. The molecule has 0 aliphatic carbocycles. The number of hydrogen-bond acceptors (Lipinski definition) is 6. The predicted molar refractivity (Wildman–Crippen MR) is 133 cm³/mol. The lowest BCUT2D eigenvalue weighted by Gasteiger charge is -2.09. The van der Waals surface area contributed by atoms with Crippen molar-refractivity contribution in [1.82, 2.24) is 9.97 Å². The van der Waals surface area contributed by atoms with Crippen LogP contribution in [0, 0.1) is 13.8 Å². The zero-order chi connectivity index (χ0) is 25.0. The van der Waals surface area contributed by atoms with Crippen molar-refractivity contribution in [3.8, 4) is 11.1 Å². The van der Waals surface area contributed by atoms with Gasteiger partial charge in [-0.3, -0.25) is 10.1 Å². The van der Waals surface area contributed by atoms with E-state index in [9.17, 15) is 13.2 Å². The minimum atomic E-state index is -3.76. The van der Waals surface area contributed by atoms with Crippen LogP contribution in [0.4, 0.5) is 17.5 Å². The Morgan fingerprint density at radius 1 is 0.943 bits per heavy atom. The minimum Gasteiger partial charge on any atom is -0.340 e. The van der Waals surface area contributed by atoms with Crippen molar-refractivity contribution in [1.29, 1.82) is 0 Å². The van der Waals surface area contributed by atoms with Crippen molar-refractivity contribution in [3.05, 3.63) is 90.4 Å². The third-order valence-corrected chi connectivity index (χ3v) is 6.28. The van der Waals surface area contributed by atoms with E-state index in [2.05, 4.69) is 44.9 Å². The van der Waals surface area contributed by atoms with Gasteiger partial charge in [-0.25, -0.2) is 18.5 Å². The van der Waals surface area contributed by atoms with E-state index in [0.29, 0.717) is 11.5 Å². The van der Waals surface area contributed by atoms with Crippen LogP contribution in [0.5, 0.6) is 0 Å². The number of rotatable bonds is 7. The standard InChI is InChI=1S/C25H24N6O3S/c1-17-14-20(19-6-4-3-5-7-19)15-18(2)31(17)16-24(32)30-25-27-13-12-23(29-25)28-21-8-10-22(11-9-21)35(26,33)34/h3-15H,16H2,1-2H3,(H3-,26,27,28,29,30,32,33,34)/p+1. The van der Waals surface area contributed by atoms with Crippen LogP contribution in [0.2, 0.25) is 0 Å². The number of anilines is 3. The van der Waals surface area contributed by atoms with Gasteiger partial charge in [0.2, 0.25) is 22.5 Å². The number of primary sulfonamides is 1. The number of hydrogen-bond donors (Lipinski definition) is 3. The van der Waals surface area contributed by atoms with E-state index in [0.717, 1.165) is 22.5 Å². The van der Waals surface area contributed by atoms with Crippen LogP contribution >= 0.6 is 0 Å². The number of pyridine rings is 1. The number of carbonyl (C=O) groups excluding carboxylic acids is 1. The Morgan fingerprint density at radius 3 is 2.23 bits per heavy atom. The lowest BCUT2D eigenvalue weighted by Crippen LogP contribution is -2.45. The maximum Gasteiger partial charge on any atom is 0.292 e. The van der Waals surface area contributed by atoms with E-state index in [-0.39, 0.29) is 23.3 Å². The highest BCUT2D eigenvalue weighted by atomic mass is 32.2. The van der Waals surface area contributed by atoms with E-state index in [1.165, 1.54) is 18.3 Å². The first-order chi connectivity index (χ1) is 16.7. The van der Waals surface area contributed by atoms with Gasteiger partial charge in [-0.2, -0.15) is 9.55 Å². The van der Waals surface area contributed by atoms with Crippen LogP contribution in [0.1, 0.15) is 11.4 Å². The molecule has 2 aromatic heterocycles. The number of sulfonamides is 1. The molecule has 4 aromatic rings. The maximum atomic E-state index is 12.7. The van der Waals surface area contributed by atoms with E-state index in [1.54, 1.807) is 18.2 Å². The van der Waals surface area contributed by atoms with Gasteiger partial charge in [0.1, 0.15) is 5.82 Å². The molecule has 0 bridgehead atoms. The van der Waals surface area contributed by atoms with Gasteiger partial charge in [-0.1, -0.05) is 30.3 Å². The summed E-state index contributed by atoms with van der Waals surface area (Å²) < 4.78 is 24.7. The number of nitrogens with zero attached hydrogens (tertiary/aromatic N) is 3. The molecular formula is C25H25N6O3S+. The molecule has 0 aliphatic heterocycles. The van der Waals surface area contributed by atoms with Gasteiger partial charge in [-0.05, 0) is 41.5 Å². The molecule has 0 spiro atoms. The second-order valence-electron chi connectivity index (χ2n) is 7.99. The molecule has 1 amide bonds. The van der Waals surface area contributed by atoms with Gasteiger partial charge < -0.3 is 5.32 Å². The molecule has 0 unspecified atom stereocenters. The van der Waals surface area contributed by atoms with Crippen LogP contribution < -0.4 is 20.3 Å². The van der Waals surface area contributed by atoms with Crippen molar-refractivity contribution in [2.45, 2.75) is 25.3 Å². The monoisotopic (exact) mass is 489 g/mol. The SMILES string of the molecule is Cc1cc(-c2ccccc2)cc(C)[n+]1CC(=O)Nc1nccc(Nc2ccc(S(N)(=O)=O)cc2)n1. The van der Waals surface area contributed by atoms with Crippen LogP contribution in [-0.2, 0) is 21.4 Å². The molecule has 0 saturated carbocycles. The van der Waals surface area contributed by atoms with E-state index in [1.807, 2.05) is 36.6 Å². The van der Waals surface area contributed by atoms with E-state index < -0.39 is 10.0 Å². The first-order valence-electron chi connectivity index (χ1n) is 10.8. The smallest absolute Gasteiger partial charge is 0.292 e. The highest BCUT2D eigenvalue weighted by molar-refractivity contribution is 7.89. The lowest BCUT2D eigenvalue weighted by molar-refractivity contribution is -0.695. The molecule has 9 nitrogen and oxygen atoms in total. The van der Waals surface area contributed by atoms with Crippen LogP contribution in [-0.4, -0.2) is 24.3 Å². The van der Waals surface area contributed by atoms with Crippen LogP contribution in [0.15, 0.2) is 83.9 Å². The number of carbonyl (C=O) groups is 1. The number of benzene rings is 2. The first-order valence-corrected chi connectivity index (χ1v) is 12.3. The number of amides is 1. The Balaban J connectivity index is 1.44. The van der Waals surface area contributed by atoms with Gasteiger partial charge in [0.25, 0.3) is 5.91 Å². The van der Waals surface area contributed by atoms with Gasteiger partial charge in [0.15, 0.2) is 11.4 Å². The molecule has 4 rings (SSSR count). The Hall–Kier alpha value is -4.15. The quantitative estimate of drug-likeness (QED) is 0.342. The third kappa shape index (κ3) is 6.05. The molecular weight excluding hydrogens is 464 g/mol. The summed E-state index contributed by atoms with van der Waals surface area (Å²) in [5.41, 5.74) is 4.73. The molecule has 0 saturated heterocycles. The first kappa shape index (κ1) is 24.0. The summed E-state index contributed by atoms with van der Waals surface area (Å²) in [5, 5.41) is 10.9. The van der Waals surface area contributed by atoms with Crippen LogP contribution in [0.25, 0.3) is 11.1 Å². The molecule has 2 aromatic carbocycles. The van der Waals surface area contributed by atoms with Gasteiger partial charge >= 0.3 is 0 Å². The topological polar surface area (TPSA) is 131 Å². The highest BCUT2D eigenvalue weighted by Crippen LogP contribution is 2.20. The average molecular weight is 490 g/mol. The minimum absolute atomic E-state index is 0.0126. The molecule has 10 heteroatoms. The molecule has 2 heterocycles. The maximum absolute atomic E-state index is 12.7. The Kier molecular flexibility index (Phi) is 6.85. The zero-order valence-corrected chi connectivity index (χ0v) is 20.1. The summed E-state index contributed by atoms with van der Waals surface area (Å²) in [6, 6.07) is 21.8. The van der Waals surface area contributed by atoms with Crippen molar-refractivity contribution in [3.63, 3.8) is 0 Å². The average Bonchev–Trinajstić information content (AvgIpc) is 2.82. The molecule has 0 atom stereocenters. The summed E-state index contributed by atoms with van der Waals surface area (Å²) in [6.07, 6.45) is 1.52. The molecule has 4 N–H and O–H groups in total. The Labute approximate surface area is 203 Å². The van der Waals surface area contributed by atoms with Crippen LogP contribution in [0.3, 0.4) is 0 Å². The normalized spacial score (nSPS) is 11.2. The fourth-order valence-electron chi connectivity index (χ4n) is 3.64. The second-order valence-corrected chi connectivity index (χ2v) is 9.55. The van der Waals surface area contributed by atoms with Crippen molar-refractivity contribution in [2.75, 3.05) is 10.6 Å². The highest BCUT2D eigenvalue weighted by Gasteiger charge is 2.18. The van der Waals surface area contributed by atoms with Crippen molar-refractivity contribution < 1.29 is 17.8 Å². The van der Waals surface area contributed by atoms with Crippen molar-refractivity contribution in [2.24, 2.45) is 5.14 Å². The predicted octanol–water partition coefficient (Wildman–Crippen LogP) is 3.08. The van der Waals surface area contributed by atoms with Gasteiger partial charge in [-0.15, -0.1) is 0 Å². The number of nitrogens with two attached hydrogens (primary N) is 1. The molecule has 0 fully saturated rings. The van der Waals surface area contributed by atoms with Crippen molar-refractivity contribution >= 4 is 33.4 Å². The summed E-state index contributed by atoms with van der Waals surface area (Å²) in [7, 11) is -3.76. The van der Waals surface area contributed by atoms with E-state index in [4.69, 9.17) is 5.14 Å². The molecule has 0 radical (unpaired) electrons. The number of aryl methyl sites for hydroxylation is 2. The largest absolute Gasteiger partial charge is 0.340 e.